The normalized spacial score (nSPS) is 19.6. The summed E-state index contributed by atoms with van der Waals surface area (Å²) >= 11 is 0. The highest BCUT2D eigenvalue weighted by molar-refractivity contribution is 5.79. The van der Waals surface area contributed by atoms with Gasteiger partial charge in [-0.1, -0.05) is 38.3 Å². The van der Waals surface area contributed by atoms with Crippen molar-refractivity contribution in [3.63, 3.8) is 0 Å². The molecule has 0 saturated heterocycles. The number of rotatable bonds is 10. The number of ether oxygens (including phenoxy) is 1. The third kappa shape index (κ3) is 5.64. The number of hydrogen-bond acceptors (Lipinski definition) is 6. The Balaban J connectivity index is 1.72. The monoisotopic (exact) mass is 385 g/mol. The highest BCUT2D eigenvalue weighted by Crippen LogP contribution is 2.21. The summed E-state index contributed by atoms with van der Waals surface area (Å²) in [4.78, 5) is 6.93. The van der Waals surface area contributed by atoms with Crippen molar-refractivity contribution in [3.8, 4) is 5.75 Å². The van der Waals surface area contributed by atoms with Crippen LogP contribution in [-0.2, 0) is 6.54 Å². The molecule has 0 radical (unpaired) electrons. The number of aliphatic imine (C=N–C) groups is 1. The van der Waals surface area contributed by atoms with E-state index in [1.165, 1.54) is 37.7 Å². The Labute approximate surface area is 169 Å². The summed E-state index contributed by atoms with van der Waals surface area (Å²) in [6, 6.07) is 8.80. The molecule has 6 heteroatoms. The van der Waals surface area contributed by atoms with Crippen LogP contribution < -0.4 is 20.7 Å². The minimum absolute atomic E-state index is 0.0802. The molecule has 28 heavy (non-hydrogen) atoms. The quantitative estimate of drug-likeness (QED) is 0.540. The highest BCUT2D eigenvalue weighted by atomic mass is 16.5. The summed E-state index contributed by atoms with van der Waals surface area (Å²) in [7, 11) is 3.83. The first-order valence-corrected chi connectivity index (χ1v) is 10.6. The first-order valence-electron chi connectivity index (χ1n) is 10.6. The summed E-state index contributed by atoms with van der Waals surface area (Å²) in [6.07, 6.45) is 9.34. The summed E-state index contributed by atoms with van der Waals surface area (Å²) in [5.41, 5.74) is 2.31. The average molecular weight is 386 g/mol. The van der Waals surface area contributed by atoms with E-state index in [-0.39, 0.29) is 6.29 Å². The maximum atomic E-state index is 5.37. The van der Waals surface area contributed by atoms with Gasteiger partial charge in [-0.3, -0.25) is 10.3 Å². The Kier molecular flexibility index (Phi) is 7.60. The average Bonchev–Trinajstić information content (AvgIpc) is 3.22. The van der Waals surface area contributed by atoms with Gasteiger partial charge in [-0.05, 0) is 43.5 Å². The molecule has 2 aliphatic rings. The lowest BCUT2D eigenvalue weighted by molar-refractivity contribution is 0.327. The van der Waals surface area contributed by atoms with Crippen LogP contribution in [0.2, 0.25) is 0 Å². The Bertz CT molecular complexity index is 681. The van der Waals surface area contributed by atoms with Gasteiger partial charge >= 0.3 is 0 Å². The zero-order valence-corrected chi connectivity index (χ0v) is 17.5. The van der Waals surface area contributed by atoms with Gasteiger partial charge in [-0.2, -0.15) is 0 Å². The Morgan fingerprint density at radius 3 is 2.86 bits per heavy atom. The minimum atomic E-state index is -0.0802. The third-order valence-corrected chi connectivity index (χ3v) is 5.40. The number of benzene rings is 1. The SMILES string of the molecule is CCCCNC1N=CC(NC2CCCC2)=C(N(C)Cc2cccc(OC)c2)N1. The summed E-state index contributed by atoms with van der Waals surface area (Å²) in [5, 5.41) is 10.8. The molecule has 0 bridgehead atoms. The molecule has 1 heterocycles. The molecule has 1 saturated carbocycles. The Hall–Kier alpha value is -2.21. The molecule has 1 aromatic rings. The van der Waals surface area contributed by atoms with Crippen molar-refractivity contribution in [2.45, 2.75) is 64.3 Å². The standard InChI is InChI=1S/C22H35N5O/c1-4-5-13-23-22-24-15-20(25-18-10-6-7-11-18)21(26-22)27(2)16-17-9-8-12-19(14-17)28-3/h8-9,12,14-15,18,22-23,25-26H,4-7,10-11,13,16H2,1-3H3. The number of nitrogens with zero attached hydrogens (tertiary/aromatic N) is 2. The van der Waals surface area contributed by atoms with Crippen LogP contribution in [0.15, 0.2) is 40.8 Å². The van der Waals surface area contributed by atoms with Crippen LogP contribution in [0.5, 0.6) is 5.75 Å². The summed E-state index contributed by atoms with van der Waals surface area (Å²) in [6.45, 7) is 3.96. The van der Waals surface area contributed by atoms with E-state index < -0.39 is 0 Å². The first-order chi connectivity index (χ1) is 13.7. The highest BCUT2D eigenvalue weighted by Gasteiger charge is 2.23. The predicted octanol–water partition coefficient (Wildman–Crippen LogP) is 3.18. The first kappa shape index (κ1) is 20.5. The number of methoxy groups -OCH3 is 1. The summed E-state index contributed by atoms with van der Waals surface area (Å²) < 4.78 is 5.37. The van der Waals surface area contributed by atoms with Crippen molar-refractivity contribution in [3.05, 3.63) is 41.3 Å². The molecule has 0 amide bonds. The number of allylic oxidation sites excluding steroid dienone is 1. The number of unbranched alkanes of at least 4 members (excludes halogenated alkanes) is 1. The fraction of sp³-hybridized carbons (Fsp3) is 0.591. The lowest BCUT2D eigenvalue weighted by Gasteiger charge is -2.33. The van der Waals surface area contributed by atoms with Crippen LogP contribution >= 0.6 is 0 Å². The van der Waals surface area contributed by atoms with E-state index in [1.54, 1.807) is 7.11 Å². The molecule has 1 unspecified atom stereocenters. The molecule has 154 valence electrons. The van der Waals surface area contributed by atoms with Crippen LogP contribution in [0, 0.1) is 0 Å². The Morgan fingerprint density at radius 1 is 1.29 bits per heavy atom. The molecular formula is C22H35N5O. The maximum Gasteiger partial charge on any atom is 0.174 e. The van der Waals surface area contributed by atoms with Crippen molar-refractivity contribution < 1.29 is 4.74 Å². The van der Waals surface area contributed by atoms with Gasteiger partial charge in [-0.15, -0.1) is 0 Å². The Morgan fingerprint density at radius 2 is 2.11 bits per heavy atom. The van der Waals surface area contributed by atoms with Gasteiger partial charge in [0.15, 0.2) is 6.29 Å². The van der Waals surface area contributed by atoms with Gasteiger partial charge in [0, 0.05) is 19.6 Å². The predicted molar refractivity (Wildman–Crippen MR) is 115 cm³/mol. The maximum absolute atomic E-state index is 5.37. The lowest BCUT2D eigenvalue weighted by atomic mass is 10.2. The molecule has 3 rings (SSSR count). The zero-order chi connectivity index (χ0) is 19.8. The van der Waals surface area contributed by atoms with E-state index >= 15 is 0 Å². The second-order valence-electron chi connectivity index (χ2n) is 7.73. The van der Waals surface area contributed by atoms with Gasteiger partial charge in [-0.25, -0.2) is 0 Å². The molecule has 1 aliphatic carbocycles. The van der Waals surface area contributed by atoms with Crippen LogP contribution in [-0.4, -0.2) is 44.1 Å². The smallest absolute Gasteiger partial charge is 0.174 e. The van der Waals surface area contributed by atoms with Gasteiger partial charge in [0.05, 0.1) is 19.0 Å². The van der Waals surface area contributed by atoms with Crippen molar-refractivity contribution in [2.24, 2.45) is 4.99 Å². The van der Waals surface area contributed by atoms with Crippen LogP contribution in [0.1, 0.15) is 51.0 Å². The van der Waals surface area contributed by atoms with E-state index in [0.717, 1.165) is 36.8 Å². The van der Waals surface area contributed by atoms with Crippen LogP contribution in [0.4, 0.5) is 0 Å². The van der Waals surface area contributed by atoms with Gasteiger partial charge in [0.25, 0.3) is 0 Å². The molecule has 0 aromatic heterocycles. The molecule has 1 aliphatic heterocycles. The largest absolute Gasteiger partial charge is 0.497 e. The van der Waals surface area contributed by atoms with Gasteiger partial charge in [0.1, 0.15) is 11.6 Å². The number of hydrogen-bond donors (Lipinski definition) is 3. The lowest BCUT2D eigenvalue weighted by Crippen LogP contribution is -2.49. The van der Waals surface area contributed by atoms with E-state index in [1.807, 2.05) is 18.3 Å². The van der Waals surface area contributed by atoms with Crippen molar-refractivity contribution in [1.82, 2.24) is 20.9 Å². The van der Waals surface area contributed by atoms with E-state index in [9.17, 15) is 0 Å². The van der Waals surface area contributed by atoms with Crippen LogP contribution in [0.3, 0.4) is 0 Å². The van der Waals surface area contributed by atoms with Crippen molar-refractivity contribution >= 4 is 6.21 Å². The molecule has 1 fully saturated rings. The summed E-state index contributed by atoms with van der Waals surface area (Å²) in [5.74, 6) is 1.99. The zero-order valence-electron chi connectivity index (χ0n) is 17.5. The van der Waals surface area contributed by atoms with E-state index in [4.69, 9.17) is 4.74 Å². The van der Waals surface area contributed by atoms with E-state index in [2.05, 4.69) is 51.9 Å². The molecular weight excluding hydrogens is 350 g/mol. The second kappa shape index (κ2) is 10.4. The van der Waals surface area contributed by atoms with Crippen molar-refractivity contribution in [2.75, 3.05) is 20.7 Å². The minimum Gasteiger partial charge on any atom is -0.497 e. The molecule has 3 N–H and O–H groups in total. The van der Waals surface area contributed by atoms with E-state index in [0.29, 0.717) is 6.04 Å². The third-order valence-electron chi connectivity index (χ3n) is 5.40. The fourth-order valence-electron chi connectivity index (χ4n) is 3.81. The number of nitrogens with one attached hydrogen (secondary N) is 3. The topological polar surface area (TPSA) is 60.9 Å². The van der Waals surface area contributed by atoms with Crippen LogP contribution in [0.25, 0.3) is 0 Å². The molecule has 1 aromatic carbocycles. The van der Waals surface area contributed by atoms with Gasteiger partial charge in [0.2, 0.25) is 0 Å². The molecule has 1 atom stereocenters. The second-order valence-corrected chi connectivity index (χ2v) is 7.73. The molecule has 0 spiro atoms. The van der Waals surface area contributed by atoms with Gasteiger partial charge < -0.3 is 20.3 Å². The van der Waals surface area contributed by atoms with Crippen molar-refractivity contribution in [1.29, 1.82) is 0 Å². The fourth-order valence-corrected chi connectivity index (χ4v) is 3.81. The molecule has 6 nitrogen and oxygen atoms in total.